The molecule has 0 saturated carbocycles. The fourth-order valence-electron chi connectivity index (χ4n) is 7.67. The van der Waals surface area contributed by atoms with Crippen LogP contribution in [0.1, 0.15) is 33.6 Å². The largest absolute Gasteiger partial charge is 0.490 e. The molecule has 0 spiro atoms. The number of hydrogen-bond acceptors (Lipinski definition) is 23. The lowest BCUT2D eigenvalue weighted by Crippen LogP contribution is -2.49. The van der Waals surface area contributed by atoms with Gasteiger partial charge in [0.2, 0.25) is 5.91 Å². The smallest absolute Gasteiger partial charge is 0.478 e. The van der Waals surface area contributed by atoms with Crippen LogP contribution in [0.25, 0.3) is 43.9 Å². The summed E-state index contributed by atoms with van der Waals surface area (Å²) in [6, 6.07) is 6.82. The number of anilines is 1. The van der Waals surface area contributed by atoms with Crippen molar-refractivity contribution in [1.29, 1.82) is 5.41 Å². The summed E-state index contributed by atoms with van der Waals surface area (Å²) in [5.41, 5.74) is 17.8. The molecular formula is C39H43N10O24P3S4. The molecule has 80 heavy (non-hydrogen) atoms. The van der Waals surface area contributed by atoms with Crippen molar-refractivity contribution >= 4 is 112 Å². The van der Waals surface area contributed by atoms with E-state index in [1.807, 2.05) is 0 Å². The molecule has 6 atom stereocenters. The van der Waals surface area contributed by atoms with Gasteiger partial charge in [-0.2, -0.15) is 30.4 Å². The van der Waals surface area contributed by atoms with Gasteiger partial charge in [-0.3, -0.25) is 33.5 Å². The van der Waals surface area contributed by atoms with Gasteiger partial charge in [0, 0.05) is 64.4 Å². The lowest BCUT2D eigenvalue weighted by molar-refractivity contribution is -0.120. The van der Waals surface area contributed by atoms with Crippen LogP contribution in [-0.2, 0) is 61.3 Å². The summed E-state index contributed by atoms with van der Waals surface area (Å²) in [5, 5.41) is 25.9. The van der Waals surface area contributed by atoms with Gasteiger partial charge in [-0.05, 0) is 53.6 Å². The fourth-order valence-corrected chi connectivity index (χ4v) is 14.1. The minimum absolute atomic E-state index is 0.0220. The molecule has 1 aliphatic carbocycles. The highest BCUT2D eigenvalue weighted by Gasteiger charge is 2.46. The molecule has 2 aromatic carbocycles. The van der Waals surface area contributed by atoms with E-state index in [0.717, 1.165) is 35.2 Å². The van der Waals surface area contributed by atoms with Crippen LogP contribution in [0.5, 0.6) is 0 Å². The number of carbonyl (C=O) groups is 4. The average Bonchev–Trinajstić information content (AvgIpc) is 3.72. The maximum Gasteiger partial charge on any atom is 0.490 e. The molecule has 1 saturated heterocycles. The second kappa shape index (κ2) is 25.8. The Kier molecular flexibility index (Phi) is 20.4. The summed E-state index contributed by atoms with van der Waals surface area (Å²) in [5.74, 6) is 1.54. The molecule has 432 valence electrons. The second-order valence-electron chi connectivity index (χ2n) is 16.3. The first-order chi connectivity index (χ1) is 37.3. The van der Waals surface area contributed by atoms with Gasteiger partial charge in [-0.1, -0.05) is 38.5 Å². The number of fused-ring (bicyclic) bond motifs is 2. The van der Waals surface area contributed by atoms with Crippen LogP contribution in [-0.4, -0.2) is 148 Å². The standard InChI is InChI=1S/C39H43N10O24P3S4/c40-25-7-5-22-31(23-6-8-26(41)35(80(65,66)67)33(23)71-32(22)34(25)79(62,63)64)24-14-19(3-4-21(24)38(52)53)37(51)45-11-13-78-77-12-9-29(50)44-10-1-2-20-16-49(39(54)47-36(20)42)30-15-27(68-18-46-48-43)28(70-30)17-69-75(58,59)73-76(60,61)72-74(55,56)57/h3-8,14,20,27-28,30,40H,9-13,15-18,41H2,(H,44,50)(H,45,51)(H,52,53)(H,58,59)(H,60,61)(H2,42,47,54)(H2,55,56,57)(H,62,63,64)(H,65,66,67)/t20?,27-,28+,30?/m0/s1. The molecule has 34 nitrogen and oxygen atoms in total. The van der Waals surface area contributed by atoms with Crippen molar-refractivity contribution in [2.75, 3.05) is 50.2 Å². The van der Waals surface area contributed by atoms with Crippen LogP contribution in [0, 0.1) is 23.2 Å². The summed E-state index contributed by atoms with van der Waals surface area (Å²) >= 11 is 0. The molecular weight excluding hydrogens is 1210 g/mol. The number of amides is 4. The number of phosphoric acid groups is 3. The number of benzene rings is 3. The number of nitrogens with one attached hydrogen (secondary N) is 3. The van der Waals surface area contributed by atoms with Crippen molar-refractivity contribution in [3.63, 3.8) is 0 Å². The molecule has 0 radical (unpaired) electrons. The predicted octanol–water partition coefficient (Wildman–Crippen LogP) is 2.60. The minimum atomic E-state index is -5.85. The predicted molar refractivity (Wildman–Crippen MR) is 277 cm³/mol. The van der Waals surface area contributed by atoms with Gasteiger partial charge in [0.25, 0.3) is 26.1 Å². The Hall–Kier alpha value is -6.00. The lowest BCUT2D eigenvalue weighted by atomic mass is 9.89. The molecule has 6 rings (SSSR count). The Balaban J connectivity index is 1.01. The van der Waals surface area contributed by atoms with Crippen molar-refractivity contribution < 1.29 is 111 Å². The zero-order valence-corrected chi connectivity index (χ0v) is 46.1. The maximum atomic E-state index is 13.5. The monoisotopic (exact) mass is 1260 g/mol. The van der Waals surface area contributed by atoms with Crippen molar-refractivity contribution in [1.82, 2.24) is 15.5 Å². The van der Waals surface area contributed by atoms with Gasteiger partial charge in [0.05, 0.1) is 41.8 Å². The van der Waals surface area contributed by atoms with Crippen molar-refractivity contribution in [3.05, 3.63) is 69.4 Å². The Labute approximate surface area is 457 Å². The highest BCUT2D eigenvalue weighted by molar-refractivity contribution is 8.76. The number of hydrogen-bond donors (Lipinski definition) is 12. The van der Waals surface area contributed by atoms with E-state index in [-0.39, 0.29) is 66.0 Å². The number of carboxylic acid groups (broad SMARTS) is 1. The number of nitrogen functional groups attached to an aromatic ring is 1. The third-order valence-corrected chi connectivity index (χ3v) is 18.9. The fraction of sp³-hybridized carbons (Fsp3) is 0.333. The van der Waals surface area contributed by atoms with E-state index in [1.165, 1.54) is 33.7 Å². The maximum absolute atomic E-state index is 13.5. The SMILES string of the molecule is [N-]=[N+]=NCO[C@H]1CC(N2CC(C#CCNC(=O)CCSSCCNC(=O)c3ccc(C(=O)O)c(-c4c5ccc(=N)c(S(=O)(=O)O)c-5oc5c(S(=O)(=O)O)c(N)ccc45)c3)C(N)=NC2=O)O[C@@H]1COP(=O)(O)OP(=O)(O)OP(=O)(O)O. The van der Waals surface area contributed by atoms with E-state index in [4.69, 9.17) is 46.1 Å². The highest BCUT2D eigenvalue weighted by atomic mass is 33.1. The van der Waals surface area contributed by atoms with Gasteiger partial charge >= 0.3 is 35.5 Å². The zero-order valence-electron chi connectivity index (χ0n) is 40.2. The topological polar surface area (TPSA) is 553 Å². The number of aliphatic imine (C=N–C) groups is 1. The Morgan fingerprint density at radius 2 is 1.66 bits per heavy atom. The van der Waals surface area contributed by atoms with Gasteiger partial charge < -0.3 is 60.7 Å². The van der Waals surface area contributed by atoms with Crippen LogP contribution in [0.15, 0.2) is 66.8 Å². The average molecular weight is 1260 g/mol. The number of azide groups is 1. The van der Waals surface area contributed by atoms with Crippen LogP contribution in [0.2, 0.25) is 0 Å². The van der Waals surface area contributed by atoms with Gasteiger partial charge in [-0.25, -0.2) is 23.3 Å². The number of nitrogens with two attached hydrogens (primary N) is 2. The molecule has 4 amide bonds. The third-order valence-electron chi connectivity index (χ3n) is 10.9. The molecule has 3 heterocycles. The number of ether oxygens (including phenoxy) is 2. The van der Waals surface area contributed by atoms with Gasteiger partial charge in [0.15, 0.2) is 21.1 Å². The molecule has 4 aliphatic rings. The Morgan fingerprint density at radius 3 is 2.33 bits per heavy atom. The lowest BCUT2D eigenvalue weighted by Gasteiger charge is -2.32. The molecule has 41 heteroatoms. The molecule has 2 aromatic rings. The quantitative estimate of drug-likeness (QED) is 0.00458. The van der Waals surface area contributed by atoms with Gasteiger partial charge in [-0.15, -0.1) is 0 Å². The van der Waals surface area contributed by atoms with E-state index >= 15 is 0 Å². The van der Waals surface area contributed by atoms with E-state index in [9.17, 15) is 73.7 Å². The summed E-state index contributed by atoms with van der Waals surface area (Å²) in [6.45, 7) is -1.90. The number of phosphoric ester groups is 1. The molecule has 4 unspecified atom stereocenters. The summed E-state index contributed by atoms with van der Waals surface area (Å²) in [4.78, 5) is 93.6. The number of carbonyl (C=O) groups excluding carboxylic acids is 3. The zero-order chi connectivity index (χ0) is 59.1. The number of rotatable bonds is 24. The van der Waals surface area contributed by atoms with Gasteiger partial charge in [0.1, 0.15) is 24.9 Å². The summed E-state index contributed by atoms with van der Waals surface area (Å²) in [7, 11) is -25.1. The number of nitrogens with zero attached hydrogens (tertiary/aromatic N) is 5. The highest BCUT2D eigenvalue weighted by Crippen LogP contribution is 2.66. The summed E-state index contributed by atoms with van der Waals surface area (Å²) < 4.78 is 134. The van der Waals surface area contributed by atoms with E-state index < -0.39 is 143 Å². The normalized spacial score (nSPS) is 19.2. The molecule has 1 fully saturated rings. The second-order valence-corrected chi connectivity index (χ2v) is 26.1. The third kappa shape index (κ3) is 16.3. The first-order valence-electron chi connectivity index (χ1n) is 22.0. The Morgan fingerprint density at radius 1 is 0.963 bits per heavy atom. The van der Waals surface area contributed by atoms with E-state index in [0.29, 0.717) is 11.5 Å². The number of aromatic carboxylic acids is 1. The van der Waals surface area contributed by atoms with E-state index in [1.54, 1.807) is 0 Å². The van der Waals surface area contributed by atoms with Crippen LogP contribution in [0.3, 0.4) is 0 Å². The van der Waals surface area contributed by atoms with Crippen molar-refractivity contribution in [2.24, 2.45) is 21.8 Å². The minimum Gasteiger partial charge on any atom is -0.478 e. The molecule has 0 aromatic heterocycles. The Bertz CT molecular complexity index is 3700. The molecule has 14 N–H and O–H groups in total. The number of carboxylic acids is 1. The van der Waals surface area contributed by atoms with Crippen LogP contribution < -0.4 is 27.5 Å². The first-order valence-corrected chi connectivity index (χ1v) is 31.9. The molecule has 3 aliphatic heterocycles. The first kappa shape index (κ1) is 63.2. The van der Waals surface area contributed by atoms with Crippen LogP contribution in [0.4, 0.5) is 10.5 Å². The van der Waals surface area contributed by atoms with E-state index in [2.05, 4.69) is 50.6 Å². The molecule has 0 bridgehead atoms. The summed E-state index contributed by atoms with van der Waals surface area (Å²) in [6.07, 6.45) is -3.90. The van der Waals surface area contributed by atoms with Crippen molar-refractivity contribution in [2.45, 2.75) is 41.1 Å². The number of amidine groups is 1. The van der Waals surface area contributed by atoms with Crippen LogP contribution >= 0.6 is 45.1 Å². The number of urea groups is 1. The van der Waals surface area contributed by atoms with Crippen molar-refractivity contribution in [3.8, 4) is 34.3 Å².